The molecule has 0 fully saturated rings. The van der Waals surface area contributed by atoms with Gasteiger partial charge in [0.1, 0.15) is 0 Å². The van der Waals surface area contributed by atoms with Crippen LogP contribution in [-0.2, 0) is 0 Å². The van der Waals surface area contributed by atoms with Crippen molar-refractivity contribution in [3.05, 3.63) is 0 Å². The predicted molar refractivity (Wildman–Crippen MR) is 74.1 cm³/mol. The molecule has 2 nitrogen and oxygen atoms in total. The molecule has 0 saturated carbocycles. The van der Waals surface area contributed by atoms with Gasteiger partial charge in [-0.1, -0.05) is 21.6 Å². The average molecular weight is 310 g/mol. The molecule has 0 amide bonds. The molecule has 0 spiro atoms. The van der Waals surface area contributed by atoms with Crippen LogP contribution in [0.2, 0.25) is 0 Å². The third-order valence-corrected chi connectivity index (χ3v) is 2.96. The molecule has 0 saturated heterocycles. The fourth-order valence-corrected chi connectivity index (χ4v) is 1.93. The summed E-state index contributed by atoms with van der Waals surface area (Å²) in [4.78, 5) is 0. The van der Waals surface area contributed by atoms with E-state index in [2.05, 4.69) is 0 Å². The van der Waals surface area contributed by atoms with Gasteiger partial charge in [0.25, 0.3) is 0 Å². The summed E-state index contributed by atoms with van der Waals surface area (Å²) in [6.45, 7) is 1.53. The lowest BCUT2D eigenvalue weighted by molar-refractivity contribution is 1.15. The van der Waals surface area contributed by atoms with E-state index < -0.39 is 0 Å². The van der Waals surface area contributed by atoms with Gasteiger partial charge in [0.15, 0.2) is 0 Å². The molecule has 0 rings (SSSR count). The molecular formula is C5H16Cl4N2S2. The summed E-state index contributed by atoms with van der Waals surface area (Å²) in [6.07, 6.45) is 0. The van der Waals surface area contributed by atoms with Crippen molar-refractivity contribution in [2.24, 2.45) is 11.5 Å². The van der Waals surface area contributed by atoms with Crippen LogP contribution >= 0.6 is 69.6 Å². The predicted octanol–water partition coefficient (Wildman–Crippen LogP) is 2.55. The van der Waals surface area contributed by atoms with Gasteiger partial charge in [-0.25, -0.2) is 0 Å². The minimum absolute atomic E-state index is 0. The molecule has 4 N–H and O–H groups in total. The van der Waals surface area contributed by atoms with Crippen LogP contribution in [-0.4, -0.2) is 29.9 Å². The maximum atomic E-state index is 5.25. The van der Waals surface area contributed by atoms with E-state index in [-0.39, 0.29) is 30.2 Å². The van der Waals surface area contributed by atoms with E-state index in [1.54, 1.807) is 21.6 Å². The van der Waals surface area contributed by atoms with Crippen LogP contribution in [0.25, 0.3) is 0 Å². The van der Waals surface area contributed by atoms with Gasteiger partial charge in [-0.3, -0.25) is 0 Å². The van der Waals surface area contributed by atoms with E-state index in [1.807, 2.05) is 0 Å². The minimum Gasteiger partial charge on any atom is -0.330 e. The van der Waals surface area contributed by atoms with Crippen molar-refractivity contribution in [1.82, 2.24) is 0 Å². The average Bonchev–Trinajstić information content (AvgIpc) is 2.00. The standard InChI is InChI=1S/C4H12N2S2.CH2Cl2.2ClH/c5-1-3-7-8-4-2-6;2-1-3;;/h1-6H2;1H2;2*1H. The Morgan fingerprint density at radius 2 is 1.08 bits per heavy atom. The Kier molecular flexibility index (Phi) is 54.2. The smallest absolute Gasteiger partial charge is 0.0967 e. The van der Waals surface area contributed by atoms with Gasteiger partial charge in [0, 0.05) is 24.6 Å². The first-order chi connectivity index (χ1) is 5.33. The molecule has 0 atom stereocenters. The van der Waals surface area contributed by atoms with E-state index in [4.69, 9.17) is 34.7 Å². The summed E-state index contributed by atoms with van der Waals surface area (Å²) in [5.74, 6) is 2.06. The van der Waals surface area contributed by atoms with Gasteiger partial charge in [-0.2, -0.15) is 0 Å². The van der Waals surface area contributed by atoms with Crippen molar-refractivity contribution in [2.75, 3.05) is 29.9 Å². The highest BCUT2D eigenvalue weighted by molar-refractivity contribution is 8.76. The second-order valence-electron chi connectivity index (χ2n) is 1.32. The lowest BCUT2D eigenvalue weighted by Gasteiger charge is -1.93. The highest BCUT2D eigenvalue weighted by atomic mass is 35.5. The molecule has 0 unspecified atom stereocenters. The monoisotopic (exact) mass is 308 g/mol. The Hall–Kier alpha value is 1.78. The quantitative estimate of drug-likeness (QED) is 0.465. The summed E-state index contributed by atoms with van der Waals surface area (Å²) in [5, 5.41) is 0.194. The lowest BCUT2D eigenvalue weighted by Crippen LogP contribution is -2.02. The second-order valence-corrected chi connectivity index (χ2v) is 4.83. The van der Waals surface area contributed by atoms with Crippen molar-refractivity contribution >= 4 is 69.6 Å². The van der Waals surface area contributed by atoms with Crippen LogP contribution in [0.1, 0.15) is 0 Å². The third-order valence-electron chi connectivity index (χ3n) is 0.486. The molecule has 13 heavy (non-hydrogen) atoms. The van der Waals surface area contributed by atoms with Crippen molar-refractivity contribution in [3.63, 3.8) is 0 Å². The summed E-state index contributed by atoms with van der Waals surface area (Å²) >= 11 is 9.53. The van der Waals surface area contributed by atoms with E-state index in [0.717, 1.165) is 24.6 Å². The Balaban J connectivity index is -0.0000000720. The molecule has 0 aliphatic heterocycles. The van der Waals surface area contributed by atoms with Crippen LogP contribution in [0.15, 0.2) is 0 Å². The van der Waals surface area contributed by atoms with Crippen molar-refractivity contribution < 1.29 is 0 Å². The Morgan fingerprint density at radius 1 is 0.846 bits per heavy atom. The van der Waals surface area contributed by atoms with Gasteiger partial charge in [0.2, 0.25) is 0 Å². The normalized spacial score (nSPS) is 7.38. The van der Waals surface area contributed by atoms with E-state index >= 15 is 0 Å². The van der Waals surface area contributed by atoms with Crippen LogP contribution in [0.5, 0.6) is 0 Å². The van der Waals surface area contributed by atoms with Gasteiger partial charge in [-0.05, 0) is 0 Å². The summed E-state index contributed by atoms with van der Waals surface area (Å²) in [7, 11) is 3.58. The molecule has 8 heteroatoms. The zero-order valence-corrected chi connectivity index (χ0v) is 11.9. The topological polar surface area (TPSA) is 52.0 Å². The highest BCUT2D eigenvalue weighted by Gasteiger charge is 1.84. The minimum atomic E-state index is 0. The maximum absolute atomic E-state index is 5.25. The zero-order chi connectivity index (χ0) is 8.95. The Morgan fingerprint density at radius 3 is 1.23 bits per heavy atom. The SMILES string of the molecule is Cl.Cl.ClCCl.NCCSSCCN. The summed E-state index contributed by atoms with van der Waals surface area (Å²) in [5.41, 5.74) is 10.5. The number of halogens is 4. The van der Waals surface area contributed by atoms with Gasteiger partial charge >= 0.3 is 0 Å². The number of hydrogen-bond donors (Lipinski definition) is 2. The number of hydrogen-bond acceptors (Lipinski definition) is 4. The van der Waals surface area contributed by atoms with Crippen molar-refractivity contribution in [1.29, 1.82) is 0 Å². The van der Waals surface area contributed by atoms with E-state index in [1.165, 1.54) is 0 Å². The van der Waals surface area contributed by atoms with Crippen LogP contribution in [0, 0.1) is 0 Å². The first-order valence-corrected chi connectivity index (χ1v) is 6.65. The first kappa shape index (κ1) is 24.2. The van der Waals surface area contributed by atoms with Crippen LogP contribution < -0.4 is 11.5 Å². The maximum Gasteiger partial charge on any atom is 0.0967 e. The number of nitrogens with two attached hydrogens (primary N) is 2. The molecule has 0 aliphatic rings. The Labute approximate surface area is 110 Å². The van der Waals surface area contributed by atoms with Crippen LogP contribution in [0.3, 0.4) is 0 Å². The largest absolute Gasteiger partial charge is 0.330 e. The molecular weight excluding hydrogens is 294 g/mol. The van der Waals surface area contributed by atoms with E-state index in [9.17, 15) is 0 Å². The molecule has 86 valence electrons. The van der Waals surface area contributed by atoms with Gasteiger partial charge in [-0.15, -0.1) is 48.0 Å². The highest BCUT2D eigenvalue weighted by Crippen LogP contribution is 2.18. The molecule has 0 bridgehead atoms. The Bertz CT molecular complexity index is 57.8. The third kappa shape index (κ3) is 41.6. The molecule has 0 aromatic heterocycles. The summed E-state index contributed by atoms with van der Waals surface area (Å²) < 4.78 is 0. The second kappa shape index (κ2) is 29.2. The van der Waals surface area contributed by atoms with Crippen molar-refractivity contribution in [3.8, 4) is 0 Å². The lowest BCUT2D eigenvalue weighted by atomic mass is 10.8. The van der Waals surface area contributed by atoms with E-state index in [0.29, 0.717) is 0 Å². The van der Waals surface area contributed by atoms with Crippen LogP contribution in [0.4, 0.5) is 0 Å². The van der Waals surface area contributed by atoms with Crippen molar-refractivity contribution in [2.45, 2.75) is 0 Å². The number of rotatable bonds is 5. The first-order valence-electron chi connectivity index (χ1n) is 3.10. The molecule has 0 heterocycles. The molecule has 0 aromatic rings. The summed E-state index contributed by atoms with van der Waals surface area (Å²) in [6, 6.07) is 0. The van der Waals surface area contributed by atoms with Gasteiger partial charge < -0.3 is 11.5 Å². The fraction of sp³-hybridized carbons (Fsp3) is 1.00. The molecule has 0 aromatic carbocycles. The number of alkyl halides is 2. The zero-order valence-electron chi connectivity index (χ0n) is 7.08. The fourth-order valence-electron chi connectivity index (χ4n) is 0.214. The molecule has 0 aliphatic carbocycles. The van der Waals surface area contributed by atoms with Gasteiger partial charge in [0.05, 0.1) is 5.34 Å². The molecule has 0 radical (unpaired) electrons.